The number of anilines is 2. The van der Waals surface area contributed by atoms with Crippen molar-refractivity contribution >= 4 is 44.7 Å². The van der Waals surface area contributed by atoms with Crippen molar-refractivity contribution in [3.8, 4) is 0 Å². The maximum absolute atomic E-state index is 12.7. The van der Waals surface area contributed by atoms with Crippen LogP contribution in [0.4, 0.5) is 11.4 Å². The Morgan fingerprint density at radius 2 is 2.04 bits per heavy atom. The van der Waals surface area contributed by atoms with Crippen LogP contribution < -0.4 is 10.2 Å². The molecule has 1 aliphatic heterocycles. The van der Waals surface area contributed by atoms with Gasteiger partial charge in [0.25, 0.3) is 5.91 Å². The number of nitrogens with one attached hydrogen (secondary N) is 1. The van der Waals surface area contributed by atoms with Gasteiger partial charge >= 0.3 is 0 Å². The van der Waals surface area contributed by atoms with Crippen LogP contribution >= 0.6 is 11.3 Å². The predicted octanol–water partition coefficient (Wildman–Crippen LogP) is 4.44. The van der Waals surface area contributed by atoms with Gasteiger partial charge in [-0.25, -0.2) is 0 Å². The third-order valence-electron chi connectivity index (χ3n) is 4.88. The minimum atomic E-state index is -0.123. The van der Waals surface area contributed by atoms with Gasteiger partial charge in [0.1, 0.15) is 4.83 Å². The van der Waals surface area contributed by atoms with Gasteiger partial charge in [-0.3, -0.25) is 14.3 Å². The van der Waals surface area contributed by atoms with Crippen LogP contribution in [0.5, 0.6) is 0 Å². The van der Waals surface area contributed by atoms with E-state index in [0.717, 1.165) is 46.8 Å². The first-order chi connectivity index (χ1) is 13.4. The van der Waals surface area contributed by atoms with Crippen LogP contribution in [0.15, 0.2) is 30.3 Å². The number of aromatic nitrogens is 2. The van der Waals surface area contributed by atoms with Gasteiger partial charge in [0.2, 0.25) is 5.91 Å². The van der Waals surface area contributed by atoms with Crippen molar-refractivity contribution in [2.75, 3.05) is 16.8 Å². The number of rotatable bonds is 5. The number of benzene rings is 1. The molecule has 0 radical (unpaired) electrons. The summed E-state index contributed by atoms with van der Waals surface area (Å²) in [7, 11) is 0. The van der Waals surface area contributed by atoms with Crippen LogP contribution in [0, 0.1) is 12.8 Å². The van der Waals surface area contributed by atoms with Gasteiger partial charge in [-0.05, 0) is 49.6 Å². The van der Waals surface area contributed by atoms with Crippen molar-refractivity contribution < 1.29 is 9.59 Å². The molecule has 3 heterocycles. The SMILES string of the molecule is Cc1nn(CC(C)C)c2sc(C(=O)Nc3ccc(N4CCCC4=O)cc3)cc12. The van der Waals surface area contributed by atoms with Crippen molar-refractivity contribution in [1.29, 1.82) is 0 Å². The van der Waals surface area contributed by atoms with E-state index in [4.69, 9.17) is 0 Å². The van der Waals surface area contributed by atoms with Crippen molar-refractivity contribution in [1.82, 2.24) is 9.78 Å². The monoisotopic (exact) mass is 396 g/mol. The van der Waals surface area contributed by atoms with Gasteiger partial charge in [0, 0.05) is 36.3 Å². The Morgan fingerprint density at radius 3 is 2.68 bits per heavy atom. The molecule has 2 amide bonds. The molecule has 6 nitrogen and oxygen atoms in total. The first-order valence-corrected chi connectivity index (χ1v) is 10.4. The van der Waals surface area contributed by atoms with E-state index in [2.05, 4.69) is 24.3 Å². The van der Waals surface area contributed by atoms with Gasteiger partial charge in [-0.2, -0.15) is 5.10 Å². The molecule has 0 unspecified atom stereocenters. The lowest BCUT2D eigenvalue weighted by Gasteiger charge is -2.16. The maximum atomic E-state index is 12.7. The molecule has 2 aromatic heterocycles. The second kappa shape index (κ2) is 7.39. The predicted molar refractivity (Wildman–Crippen MR) is 113 cm³/mol. The molecular formula is C21H24N4O2S. The lowest BCUT2D eigenvalue weighted by Crippen LogP contribution is -2.23. The fraction of sp³-hybridized carbons (Fsp3) is 0.381. The van der Waals surface area contributed by atoms with Crippen LogP contribution in [0.1, 0.15) is 42.1 Å². The highest BCUT2D eigenvalue weighted by atomic mass is 32.1. The minimum absolute atomic E-state index is 0.123. The fourth-order valence-electron chi connectivity index (χ4n) is 3.53. The van der Waals surface area contributed by atoms with E-state index >= 15 is 0 Å². The van der Waals surface area contributed by atoms with Crippen LogP contribution in [0.25, 0.3) is 10.2 Å². The highest BCUT2D eigenvalue weighted by Crippen LogP contribution is 2.30. The van der Waals surface area contributed by atoms with Gasteiger partial charge < -0.3 is 10.2 Å². The average molecular weight is 397 g/mol. The maximum Gasteiger partial charge on any atom is 0.265 e. The van der Waals surface area contributed by atoms with Crippen molar-refractivity contribution in [2.24, 2.45) is 5.92 Å². The molecule has 1 aliphatic rings. The number of aryl methyl sites for hydroxylation is 1. The van der Waals surface area contributed by atoms with Crippen molar-refractivity contribution in [3.63, 3.8) is 0 Å². The summed E-state index contributed by atoms with van der Waals surface area (Å²) in [5.41, 5.74) is 2.55. The number of hydrogen-bond donors (Lipinski definition) is 1. The molecular weight excluding hydrogens is 372 g/mol. The molecule has 0 aliphatic carbocycles. The molecule has 7 heteroatoms. The lowest BCUT2D eigenvalue weighted by atomic mass is 10.2. The molecule has 146 valence electrons. The molecule has 3 aromatic rings. The van der Waals surface area contributed by atoms with E-state index in [1.807, 2.05) is 41.9 Å². The summed E-state index contributed by atoms with van der Waals surface area (Å²) < 4.78 is 2.00. The summed E-state index contributed by atoms with van der Waals surface area (Å²) in [5, 5.41) is 8.59. The third-order valence-corrected chi connectivity index (χ3v) is 6.03. The van der Waals surface area contributed by atoms with E-state index in [9.17, 15) is 9.59 Å². The second-order valence-corrected chi connectivity index (χ2v) is 8.67. The van der Waals surface area contributed by atoms with Crippen LogP contribution in [-0.4, -0.2) is 28.1 Å². The standard InChI is InChI=1S/C21H24N4O2S/c1-13(2)12-25-21-17(14(3)23-25)11-18(28-21)20(27)22-15-6-8-16(9-7-15)24-10-4-5-19(24)26/h6-9,11,13H,4-5,10,12H2,1-3H3,(H,22,27). The summed E-state index contributed by atoms with van der Waals surface area (Å²) in [4.78, 5) is 28.1. The smallest absolute Gasteiger partial charge is 0.265 e. The molecule has 28 heavy (non-hydrogen) atoms. The molecule has 1 N–H and O–H groups in total. The molecule has 1 fully saturated rings. The molecule has 0 spiro atoms. The Bertz CT molecular complexity index is 1030. The highest BCUT2D eigenvalue weighted by Gasteiger charge is 2.21. The summed E-state index contributed by atoms with van der Waals surface area (Å²) in [6.45, 7) is 7.89. The molecule has 0 saturated carbocycles. The largest absolute Gasteiger partial charge is 0.321 e. The van der Waals surface area contributed by atoms with Crippen LogP contribution in [0.2, 0.25) is 0 Å². The summed E-state index contributed by atoms with van der Waals surface area (Å²) in [6, 6.07) is 9.38. The number of carbonyl (C=O) groups is 2. The molecule has 0 bridgehead atoms. The summed E-state index contributed by atoms with van der Waals surface area (Å²) >= 11 is 1.47. The topological polar surface area (TPSA) is 67.2 Å². The van der Waals surface area contributed by atoms with E-state index in [1.54, 1.807) is 4.90 Å². The Balaban J connectivity index is 1.51. The highest BCUT2D eigenvalue weighted by molar-refractivity contribution is 7.20. The Hall–Kier alpha value is -2.67. The average Bonchev–Trinajstić information content (AvgIpc) is 3.33. The Kier molecular flexibility index (Phi) is 4.93. The number of fused-ring (bicyclic) bond motifs is 1. The van der Waals surface area contributed by atoms with Crippen LogP contribution in [-0.2, 0) is 11.3 Å². The Morgan fingerprint density at radius 1 is 1.29 bits per heavy atom. The number of hydrogen-bond acceptors (Lipinski definition) is 4. The van der Waals surface area contributed by atoms with Gasteiger partial charge in [0.15, 0.2) is 0 Å². The third kappa shape index (κ3) is 3.54. The number of amides is 2. The van der Waals surface area contributed by atoms with Crippen molar-refractivity contribution in [3.05, 3.63) is 40.9 Å². The molecule has 1 saturated heterocycles. The Labute approximate surface area is 168 Å². The van der Waals surface area contributed by atoms with Gasteiger partial charge in [-0.15, -0.1) is 11.3 Å². The second-order valence-electron chi connectivity index (χ2n) is 7.64. The molecule has 0 atom stereocenters. The van der Waals surface area contributed by atoms with E-state index in [1.165, 1.54) is 11.3 Å². The number of nitrogens with zero attached hydrogens (tertiary/aromatic N) is 3. The molecule has 1 aromatic carbocycles. The van der Waals surface area contributed by atoms with E-state index in [0.29, 0.717) is 17.2 Å². The quantitative estimate of drug-likeness (QED) is 0.693. The first-order valence-electron chi connectivity index (χ1n) is 9.61. The zero-order valence-corrected chi connectivity index (χ0v) is 17.2. The van der Waals surface area contributed by atoms with Gasteiger partial charge in [-0.1, -0.05) is 13.8 Å². The van der Waals surface area contributed by atoms with E-state index < -0.39 is 0 Å². The molecule has 4 rings (SSSR count). The van der Waals surface area contributed by atoms with Crippen LogP contribution in [0.3, 0.4) is 0 Å². The lowest BCUT2D eigenvalue weighted by molar-refractivity contribution is -0.117. The zero-order chi connectivity index (χ0) is 19.8. The number of carbonyl (C=O) groups excluding carboxylic acids is 2. The first kappa shape index (κ1) is 18.7. The number of thiophene rings is 1. The van der Waals surface area contributed by atoms with Gasteiger partial charge in [0.05, 0.1) is 10.6 Å². The van der Waals surface area contributed by atoms with Crippen molar-refractivity contribution in [2.45, 2.75) is 40.2 Å². The fourth-order valence-corrected chi connectivity index (χ4v) is 4.60. The normalized spacial score (nSPS) is 14.4. The summed E-state index contributed by atoms with van der Waals surface area (Å²) in [5.74, 6) is 0.525. The summed E-state index contributed by atoms with van der Waals surface area (Å²) in [6.07, 6.45) is 1.51. The minimum Gasteiger partial charge on any atom is -0.321 e. The van der Waals surface area contributed by atoms with E-state index in [-0.39, 0.29) is 11.8 Å². The zero-order valence-electron chi connectivity index (χ0n) is 16.4.